The number of rotatable bonds is 2. The molecule has 2 aliphatic heterocycles. The standard InChI is InChI=1S/C5H10N2O/c8-5(3-6-5)4-7-1-2-7/h6,8H,1-4H2. The van der Waals surface area contributed by atoms with Gasteiger partial charge in [-0.15, -0.1) is 0 Å². The van der Waals surface area contributed by atoms with Gasteiger partial charge in [0.15, 0.2) is 0 Å². The Morgan fingerprint density at radius 2 is 2.25 bits per heavy atom. The molecule has 0 saturated carbocycles. The van der Waals surface area contributed by atoms with Gasteiger partial charge in [0.25, 0.3) is 0 Å². The molecule has 1 unspecified atom stereocenters. The molecule has 0 aliphatic carbocycles. The van der Waals surface area contributed by atoms with Crippen LogP contribution in [0.2, 0.25) is 0 Å². The Balaban J connectivity index is 1.81. The minimum atomic E-state index is -0.490. The summed E-state index contributed by atoms with van der Waals surface area (Å²) >= 11 is 0. The highest BCUT2D eigenvalue weighted by Gasteiger charge is 2.43. The zero-order chi connectivity index (χ0) is 5.61. The summed E-state index contributed by atoms with van der Waals surface area (Å²) in [6, 6.07) is 0. The number of hydrogen-bond acceptors (Lipinski definition) is 3. The van der Waals surface area contributed by atoms with Gasteiger partial charge in [0.05, 0.1) is 0 Å². The van der Waals surface area contributed by atoms with Crippen LogP contribution in [0.15, 0.2) is 0 Å². The first-order chi connectivity index (χ1) is 3.79. The first-order valence-electron chi connectivity index (χ1n) is 2.98. The van der Waals surface area contributed by atoms with Gasteiger partial charge in [-0.1, -0.05) is 0 Å². The summed E-state index contributed by atoms with van der Waals surface area (Å²) in [6.45, 7) is 3.95. The fourth-order valence-electron chi connectivity index (χ4n) is 0.813. The quantitative estimate of drug-likeness (QED) is 0.434. The minimum absolute atomic E-state index is 0.490. The van der Waals surface area contributed by atoms with Crippen LogP contribution in [-0.4, -0.2) is 41.9 Å². The third kappa shape index (κ3) is 0.844. The van der Waals surface area contributed by atoms with Crippen LogP contribution >= 0.6 is 0 Å². The summed E-state index contributed by atoms with van der Waals surface area (Å²) in [5.74, 6) is 0. The van der Waals surface area contributed by atoms with Gasteiger partial charge in [-0.3, -0.25) is 10.2 Å². The van der Waals surface area contributed by atoms with Gasteiger partial charge in [-0.05, 0) is 0 Å². The molecule has 8 heavy (non-hydrogen) atoms. The molecule has 3 heteroatoms. The Hall–Kier alpha value is -0.120. The van der Waals surface area contributed by atoms with Crippen molar-refractivity contribution in [1.29, 1.82) is 0 Å². The second-order valence-corrected chi connectivity index (χ2v) is 2.66. The van der Waals surface area contributed by atoms with Crippen LogP contribution in [0.5, 0.6) is 0 Å². The highest BCUT2D eigenvalue weighted by atomic mass is 16.3. The van der Waals surface area contributed by atoms with Crippen molar-refractivity contribution in [3.8, 4) is 0 Å². The molecule has 3 nitrogen and oxygen atoms in total. The van der Waals surface area contributed by atoms with E-state index in [0.29, 0.717) is 0 Å². The fourth-order valence-corrected chi connectivity index (χ4v) is 0.813. The van der Waals surface area contributed by atoms with Crippen molar-refractivity contribution in [2.75, 3.05) is 26.2 Å². The number of hydrogen-bond donors (Lipinski definition) is 2. The Labute approximate surface area is 48.3 Å². The van der Waals surface area contributed by atoms with Crippen molar-refractivity contribution in [1.82, 2.24) is 10.2 Å². The van der Waals surface area contributed by atoms with Crippen LogP contribution in [0.4, 0.5) is 0 Å². The number of nitrogens with zero attached hydrogens (tertiary/aromatic N) is 1. The molecule has 0 aromatic carbocycles. The second kappa shape index (κ2) is 1.23. The van der Waals surface area contributed by atoms with E-state index in [2.05, 4.69) is 10.2 Å². The Kier molecular flexibility index (Phi) is 0.730. The van der Waals surface area contributed by atoms with Crippen molar-refractivity contribution >= 4 is 0 Å². The van der Waals surface area contributed by atoms with Crippen molar-refractivity contribution in [3.05, 3.63) is 0 Å². The topological polar surface area (TPSA) is 45.2 Å². The second-order valence-electron chi connectivity index (χ2n) is 2.66. The number of aliphatic hydroxyl groups is 1. The first kappa shape index (κ1) is 4.73. The molecular weight excluding hydrogens is 104 g/mol. The molecule has 0 bridgehead atoms. The Morgan fingerprint density at radius 3 is 2.62 bits per heavy atom. The molecule has 2 fully saturated rings. The normalized spacial score (nSPS) is 44.6. The summed E-state index contributed by atoms with van der Waals surface area (Å²) in [6.07, 6.45) is 0. The molecule has 2 saturated heterocycles. The molecule has 0 amide bonds. The first-order valence-corrected chi connectivity index (χ1v) is 2.98. The van der Waals surface area contributed by atoms with E-state index in [9.17, 15) is 5.11 Å². The van der Waals surface area contributed by atoms with E-state index >= 15 is 0 Å². The number of β-amino-alcohol motifs (C(OH)–C–C–N with tert-alkyl or cyclic N) is 1. The minimum Gasteiger partial charge on any atom is -0.373 e. The fraction of sp³-hybridized carbons (Fsp3) is 1.00. The van der Waals surface area contributed by atoms with E-state index in [4.69, 9.17) is 0 Å². The average Bonchev–Trinajstić information content (AvgIpc) is 2.49. The van der Waals surface area contributed by atoms with E-state index in [1.807, 2.05) is 0 Å². The summed E-state index contributed by atoms with van der Waals surface area (Å²) in [5, 5.41) is 12.1. The lowest BCUT2D eigenvalue weighted by Crippen LogP contribution is -2.25. The lowest BCUT2D eigenvalue weighted by atomic mass is 10.4. The SMILES string of the molecule is OC1(CN2CC2)CN1. The maximum Gasteiger partial charge on any atom is 0.141 e. The maximum absolute atomic E-state index is 9.19. The highest BCUT2D eigenvalue weighted by Crippen LogP contribution is 2.17. The summed E-state index contributed by atoms with van der Waals surface area (Å²) in [4.78, 5) is 2.21. The molecule has 2 heterocycles. The molecular formula is C5H10N2O. The van der Waals surface area contributed by atoms with Gasteiger partial charge in [-0.25, -0.2) is 0 Å². The van der Waals surface area contributed by atoms with Gasteiger partial charge < -0.3 is 5.11 Å². The predicted molar refractivity (Wildman–Crippen MR) is 29.4 cm³/mol. The lowest BCUT2D eigenvalue weighted by molar-refractivity contribution is 0.126. The van der Waals surface area contributed by atoms with Crippen LogP contribution in [-0.2, 0) is 0 Å². The third-order valence-corrected chi connectivity index (χ3v) is 1.61. The molecule has 0 radical (unpaired) electrons. The van der Waals surface area contributed by atoms with Gasteiger partial charge in [0, 0.05) is 26.2 Å². The molecule has 0 aromatic heterocycles. The van der Waals surface area contributed by atoms with E-state index in [1.54, 1.807) is 0 Å². The molecule has 0 spiro atoms. The summed E-state index contributed by atoms with van der Waals surface area (Å²) in [5.41, 5.74) is -0.490. The summed E-state index contributed by atoms with van der Waals surface area (Å²) in [7, 11) is 0. The van der Waals surface area contributed by atoms with Crippen LogP contribution in [0.25, 0.3) is 0 Å². The number of nitrogens with one attached hydrogen (secondary N) is 1. The van der Waals surface area contributed by atoms with E-state index in [1.165, 1.54) is 13.1 Å². The molecule has 2 aliphatic rings. The largest absolute Gasteiger partial charge is 0.373 e. The van der Waals surface area contributed by atoms with Crippen LogP contribution in [0, 0.1) is 0 Å². The van der Waals surface area contributed by atoms with Gasteiger partial charge in [0.2, 0.25) is 0 Å². The van der Waals surface area contributed by atoms with Crippen molar-refractivity contribution < 1.29 is 5.11 Å². The Bertz CT molecular complexity index is 107. The van der Waals surface area contributed by atoms with Gasteiger partial charge >= 0.3 is 0 Å². The maximum atomic E-state index is 9.19. The van der Waals surface area contributed by atoms with Crippen molar-refractivity contribution in [2.45, 2.75) is 5.72 Å². The van der Waals surface area contributed by atoms with Crippen LogP contribution < -0.4 is 5.32 Å². The smallest absolute Gasteiger partial charge is 0.141 e. The third-order valence-electron chi connectivity index (χ3n) is 1.61. The van der Waals surface area contributed by atoms with Gasteiger partial charge in [0.1, 0.15) is 5.72 Å². The van der Waals surface area contributed by atoms with Crippen LogP contribution in [0.3, 0.4) is 0 Å². The molecule has 0 aromatic rings. The van der Waals surface area contributed by atoms with E-state index < -0.39 is 5.72 Å². The average molecular weight is 114 g/mol. The molecule has 2 N–H and O–H groups in total. The highest BCUT2D eigenvalue weighted by molar-refractivity contribution is 4.97. The van der Waals surface area contributed by atoms with Gasteiger partial charge in [-0.2, -0.15) is 0 Å². The zero-order valence-electron chi connectivity index (χ0n) is 4.72. The van der Waals surface area contributed by atoms with E-state index in [-0.39, 0.29) is 0 Å². The van der Waals surface area contributed by atoms with Crippen molar-refractivity contribution in [2.24, 2.45) is 0 Å². The van der Waals surface area contributed by atoms with Crippen LogP contribution in [0.1, 0.15) is 0 Å². The molecule has 2 rings (SSSR count). The van der Waals surface area contributed by atoms with E-state index in [0.717, 1.165) is 13.1 Å². The summed E-state index contributed by atoms with van der Waals surface area (Å²) < 4.78 is 0. The Morgan fingerprint density at radius 1 is 1.62 bits per heavy atom. The predicted octanol–water partition coefficient (Wildman–Crippen LogP) is -1.41. The molecule has 1 atom stereocenters. The zero-order valence-corrected chi connectivity index (χ0v) is 4.72. The molecule has 46 valence electrons. The monoisotopic (exact) mass is 114 g/mol. The van der Waals surface area contributed by atoms with Crippen molar-refractivity contribution in [3.63, 3.8) is 0 Å². The lowest BCUT2D eigenvalue weighted by Gasteiger charge is -2.03.